The lowest BCUT2D eigenvalue weighted by Gasteiger charge is -2.47. The summed E-state index contributed by atoms with van der Waals surface area (Å²) in [7, 11) is 2.07. The zero-order chi connectivity index (χ0) is 34.7. The van der Waals surface area contributed by atoms with Crippen LogP contribution in [0.25, 0.3) is 0 Å². The third-order valence-corrected chi connectivity index (χ3v) is 13.6. The van der Waals surface area contributed by atoms with Crippen LogP contribution in [0, 0.1) is 5.92 Å². The van der Waals surface area contributed by atoms with E-state index in [1.54, 1.807) is 70.2 Å². The van der Waals surface area contributed by atoms with Gasteiger partial charge in [0.15, 0.2) is 8.32 Å². The number of carbonyl (C=O) groups excluding carboxylic acids is 3. The van der Waals surface area contributed by atoms with E-state index in [1.165, 1.54) is 7.11 Å². The Hall–Kier alpha value is -3.28. The lowest BCUT2D eigenvalue weighted by molar-refractivity contribution is -0.152. The smallest absolute Gasteiger partial charge is 0.407 e. The highest BCUT2D eigenvalue weighted by Crippen LogP contribution is 2.45. The SMILES string of the molecule is COC(=O)C1([C@H](CNC(=O)OC(C)(C)C)CO[Si](C)(C)C(C)(C)C)CN(Cc2ccc(OC)cc2OC)C(=O)c2ccc(Cl)cc21. The number of amides is 2. The van der Waals surface area contributed by atoms with E-state index in [4.69, 9.17) is 35.0 Å². The van der Waals surface area contributed by atoms with E-state index in [9.17, 15) is 14.4 Å². The summed E-state index contributed by atoms with van der Waals surface area (Å²) < 4.78 is 28.8. The van der Waals surface area contributed by atoms with Gasteiger partial charge in [-0.15, -0.1) is 0 Å². The Morgan fingerprint density at radius 2 is 1.70 bits per heavy atom. The van der Waals surface area contributed by atoms with Crippen molar-refractivity contribution in [3.63, 3.8) is 0 Å². The highest BCUT2D eigenvalue weighted by molar-refractivity contribution is 6.74. The predicted molar refractivity (Wildman–Crippen MR) is 180 cm³/mol. The first-order valence-corrected chi connectivity index (χ1v) is 18.6. The number of halogens is 1. The van der Waals surface area contributed by atoms with Crippen LogP contribution in [0.1, 0.15) is 63.0 Å². The van der Waals surface area contributed by atoms with Crippen LogP contribution in [0.2, 0.25) is 23.2 Å². The lowest BCUT2D eigenvalue weighted by Crippen LogP contribution is -2.61. The molecular formula is C34H49ClN2O8Si. The zero-order valence-electron chi connectivity index (χ0n) is 29.0. The van der Waals surface area contributed by atoms with Gasteiger partial charge < -0.3 is 33.6 Å². The fourth-order valence-electron chi connectivity index (χ4n) is 5.31. The number of esters is 1. The van der Waals surface area contributed by atoms with Gasteiger partial charge in [-0.1, -0.05) is 32.4 Å². The molecule has 12 heteroatoms. The second kappa shape index (κ2) is 14.2. The van der Waals surface area contributed by atoms with E-state index in [1.807, 2.05) is 6.07 Å². The molecule has 254 valence electrons. The summed E-state index contributed by atoms with van der Waals surface area (Å²) in [6, 6.07) is 10.2. The minimum atomic E-state index is -2.35. The number of methoxy groups -OCH3 is 3. The van der Waals surface area contributed by atoms with Crippen molar-refractivity contribution in [1.29, 1.82) is 0 Å². The molecule has 2 atom stereocenters. The molecule has 1 aliphatic rings. The topological polar surface area (TPSA) is 113 Å². The fourth-order valence-corrected chi connectivity index (χ4v) is 6.53. The Labute approximate surface area is 279 Å². The molecule has 2 aromatic carbocycles. The second-order valence-electron chi connectivity index (χ2n) is 14.1. The molecule has 2 aromatic rings. The number of alkyl carbamates (subject to hydrolysis) is 1. The van der Waals surface area contributed by atoms with E-state index in [2.05, 4.69) is 39.2 Å². The monoisotopic (exact) mass is 676 g/mol. The predicted octanol–water partition coefficient (Wildman–Crippen LogP) is 6.59. The molecule has 0 radical (unpaired) electrons. The fraction of sp³-hybridized carbons (Fsp3) is 0.559. The average molecular weight is 677 g/mol. The number of nitrogens with one attached hydrogen (secondary N) is 1. The molecule has 0 fully saturated rings. The highest BCUT2D eigenvalue weighted by Gasteiger charge is 2.55. The van der Waals surface area contributed by atoms with Crippen LogP contribution in [0.4, 0.5) is 4.79 Å². The standard InChI is InChI=1S/C34H49ClN2O8Si/c1-32(2,3)45-31(40)36-18-23(20-44-46(10,11)33(4,5)6)34(30(39)43-9)21-37(29(38)26-15-13-24(35)16-27(26)34)19-22-12-14-25(41-7)17-28(22)42-8/h12-17,23H,18-21H2,1-11H3,(H,36,40)/t23-,34?/m1/s1. The molecule has 46 heavy (non-hydrogen) atoms. The van der Waals surface area contributed by atoms with Gasteiger partial charge in [-0.3, -0.25) is 9.59 Å². The van der Waals surface area contributed by atoms with Crippen LogP contribution >= 0.6 is 11.6 Å². The van der Waals surface area contributed by atoms with Gasteiger partial charge in [-0.2, -0.15) is 0 Å². The maximum Gasteiger partial charge on any atom is 0.407 e. The molecule has 1 aliphatic heterocycles. The number of benzene rings is 2. The second-order valence-corrected chi connectivity index (χ2v) is 19.4. The molecule has 1 N–H and O–H groups in total. The first kappa shape index (κ1) is 37.2. The van der Waals surface area contributed by atoms with Gasteiger partial charge in [0.25, 0.3) is 5.91 Å². The molecule has 0 bridgehead atoms. The molecule has 0 aliphatic carbocycles. The first-order chi connectivity index (χ1) is 21.3. The van der Waals surface area contributed by atoms with E-state index in [0.29, 0.717) is 33.2 Å². The van der Waals surface area contributed by atoms with Crippen molar-refractivity contribution in [2.24, 2.45) is 5.92 Å². The van der Waals surface area contributed by atoms with Gasteiger partial charge >= 0.3 is 12.1 Å². The quantitative estimate of drug-likeness (QED) is 0.210. The Bertz CT molecular complexity index is 1440. The van der Waals surface area contributed by atoms with E-state index in [-0.39, 0.29) is 37.2 Å². The third-order valence-electron chi connectivity index (χ3n) is 8.87. The molecule has 3 rings (SSSR count). The molecule has 10 nitrogen and oxygen atoms in total. The highest BCUT2D eigenvalue weighted by atomic mass is 35.5. The van der Waals surface area contributed by atoms with Gasteiger partial charge in [0.05, 0.1) is 21.3 Å². The van der Waals surface area contributed by atoms with Gasteiger partial charge in [-0.25, -0.2) is 4.79 Å². The van der Waals surface area contributed by atoms with E-state index >= 15 is 0 Å². The number of ether oxygens (including phenoxy) is 4. The molecule has 0 saturated carbocycles. The number of rotatable bonds is 11. The summed E-state index contributed by atoms with van der Waals surface area (Å²) in [5.74, 6) is -0.418. The minimum absolute atomic E-state index is 0.00151. The summed E-state index contributed by atoms with van der Waals surface area (Å²) >= 11 is 6.53. The number of nitrogens with zero attached hydrogens (tertiary/aromatic N) is 1. The van der Waals surface area contributed by atoms with Gasteiger partial charge in [0, 0.05) is 54.4 Å². The van der Waals surface area contributed by atoms with Crippen LogP contribution in [-0.4, -0.2) is 77.8 Å². The van der Waals surface area contributed by atoms with Gasteiger partial charge in [0.1, 0.15) is 22.5 Å². The van der Waals surface area contributed by atoms with Crippen LogP contribution in [-0.2, 0) is 30.7 Å². The largest absolute Gasteiger partial charge is 0.497 e. The molecule has 1 heterocycles. The number of carbonyl (C=O) groups is 3. The lowest BCUT2D eigenvalue weighted by atomic mass is 9.66. The molecule has 0 saturated heterocycles. The Morgan fingerprint density at radius 1 is 1.02 bits per heavy atom. The maximum absolute atomic E-state index is 14.3. The molecular weight excluding hydrogens is 628 g/mol. The van der Waals surface area contributed by atoms with Crippen LogP contribution in [0.15, 0.2) is 36.4 Å². The zero-order valence-corrected chi connectivity index (χ0v) is 30.7. The van der Waals surface area contributed by atoms with Crippen molar-refractivity contribution in [3.05, 3.63) is 58.1 Å². The van der Waals surface area contributed by atoms with Gasteiger partial charge in [-0.05, 0) is 74.8 Å². The molecule has 2 amide bonds. The average Bonchev–Trinajstić information content (AvgIpc) is 2.97. The van der Waals surface area contributed by atoms with Crippen LogP contribution in [0.3, 0.4) is 0 Å². The molecule has 1 unspecified atom stereocenters. The number of hydrogen-bond acceptors (Lipinski definition) is 8. The van der Waals surface area contributed by atoms with Crippen LogP contribution < -0.4 is 14.8 Å². The normalized spacial score (nSPS) is 17.6. The summed E-state index contributed by atoms with van der Waals surface area (Å²) in [6.07, 6.45) is -0.636. The first-order valence-electron chi connectivity index (χ1n) is 15.3. The van der Waals surface area contributed by atoms with Crippen molar-refractivity contribution < 1.29 is 37.8 Å². The molecule has 0 aromatic heterocycles. The maximum atomic E-state index is 14.3. The van der Waals surface area contributed by atoms with E-state index < -0.39 is 37.3 Å². The van der Waals surface area contributed by atoms with Crippen molar-refractivity contribution in [2.45, 2.75) is 77.2 Å². The van der Waals surface area contributed by atoms with Crippen LogP contribution in [0.5, 0.6) is 11.5 Å². The Balaban J connectivity index is 2.21. The minimum Gasteiger partial charge on any atom is -0.497 e. The van der Waals surface area contributed by atoms with Crippen molar-refractivity contribution in [1.82, 2.24) is 10.2 Å². The Morgan fingerprint density at radius 3 is 2.26 bits per heavy atom. The summed E-state index contributed by atoms with van der Waals surface area (Å²) in [5.41, 5.74) is -0.760. The summed E-state index contributed by atoms with van der Waals surface area (Å²) in [6.45, 7) is 16.1. The third kappa shape index (κ3) is 8.16. The Kier molecular flexibility index (Phi) is 11.5. The van der Waals surface area contributed by atoms with E-state index in [0.717, 1.165) is 0 Å². The summed E-state index contributed by atoms with van der Waals surface area (Å²) in [4.78, 5) is 42.9. The van der Waals surface area contributed by atoms with Crippen molar-refractivity contribution >= 4 is 37.9 Å². The van der Waals surface area contributed by atoms with Crippen molar-refractivity contribution in [3.8, 4) is 11.5 Å². The number of fused-ring (bicyclic) bond motifs is 1. The summed E-state index contributed by atoms with van der Waals surface area (Å²) in [5, 5.41) is 3.09. The molecule has 0 spiro atoms. The van der Waals surface area contributed by atoms with Crippen molar-refractivity contribution in [2.75, 3.05) is 41.0 Å². The van der Waals surface area contributed by atoms with Gasteiger partial charge in [0.2, 0.25) is 0 Å². The number of hydrogen-bond donors (Lipinski definition) is 1.